The number of rotatable bonds is 10. The zero-order valence-corrected chi connectivity index (χ0v) is 23.0. The normalized spacial score (nSPS) is 17.7. The van der Waals surface area contributed by atoms with Crippen LogP contribution in [0.5, 0.6) is 5.75 Å². The number of hydrogen-bond donors (Lipinski definition) is 1. The Hall–Kier alpha value is -5.13. The fourth-order valence-electron chi connectivity index (χ4n) is 5.03. The summed E-state index contributed by atoms with van der Waals surface area (Å²) in [5, 5.41) is 2.99. The molecule has 6 rings (SSSR count). The summed E-state index contributed by atoms with van der Waals surface area (Å²) in [6.45, 7) is 2.23. The summed E-state index contributed by atoms with van der Waals surface area (Å²) in [7, 11) is 0. The second-order valence-electron chi connectivity index (χ2n) is 9.98. The highest BCUT2D eigenvalue weighted by Gasteiger charge is 2.33. The number of nitrogens with zero attached hydrogens (tertiary/aromatic N) is 6. The molecule has 1 saturated heterocycles. The fourth-order valence-corrected chi connectivity index (χ4v) is 5.03. The maximum Gasteiger partial charge on any atom is 0.260 e. The first-order valence-corrected chi connectivity index (χ1v) is 13.8. The van der Waals surface area contributed by atoms with Crippen molar-refractivity contribution in [3.63, 3.8) is 0 Å². The summed E-state index contributed by atoms with van der Waals surface area (Å²) in [5.74, 6) is 2.96. The fraction of sp³-hybridized carbons (Fsp3) is 0.300. The van der Waals surface area contributed by atoms with E-state index in [0.29, 0.717) is 62.5 Å². The van der Waals surface area contributed by atoms with Gasteiger partial charge in [-0.2, -0.15) is 4.98 Å². The van der Waals surface area contributed by atoms with Gasteiger partial charge in [-0.05, 0) is 42.3 Å². The van der Waals surface area contributed by atoms with Crippen molar-refractivity contribution in [2.45, 2.75) is 18.9 Å². The van der Waals surface area contributed by atoms with Crippen LogP contribution in [0.15, 0.2) is 96.8 Å². The number of allylic oxidation sites excluding steroid dienone is 1. The number of nitrogens with one attached hydrogen (secondary N) is 1. The van der Waals surface area contributed by atoms with Gasteiger partial charge in [0.25, 0.3) is 5.91 Å². The van der Waals surface area contributed by atoms with Crippen LogP contribution in [-0.2, 0) is 19.1 Å². The van der Waals surface area contributed by atoms with E-state index < -0.39 is 0 Å². The number of para-hydroxylation sites is 1. The maximum absolute atomic E-state index is 13.3. The zero-order chi connectivity index (χ0) is 28.7. The molecule has 0 spiro atoms. The lowest BCUT2D eigenvalue weighted by Crippen LogP contribution is -2.57. The van der Waals surface area contributed by atoms with Gasteiger partial charge in [0.1, 0.15) is 24.5 Å². The first kappa shape index (κ1) is 27.1. The Kier molecular flexibility index (Phi) is 8.11. The lowest BCUT2D eigenvalue weighted by molar-refractivity contribution is -0.137. The average Bonchev–Trinajstić information content (AvgIpc) is 3.73. The van der Waals surface area contributed by atoms with E-state index in [1.807, 2.05) is 48.6 Å². The molecule has 1 unspecified atom stereocenters. The van der Waals surface area contributed by atoms with E-state index >= 15 is 0 Å². The van der Waals surface area contributed by atoms with Gasteiger partial charge in [-0.15, -0.1) is 0 Å². The zero-order valence-electron chi connectivity index (χ0n) is 23.0. The van der Waals surface area contributed by atoms with Gasteiger partial charge in [0.2, 0.25) is 11.9 Å². The molecule has 216 valence electrons. The van der Waals surface area contributed by atoms with Crippen molar-refractivity contribution in [3.8, 4) is 11.7 Å². The van der Waals surface area contributed by atoms with Gasteiger partial charge < -0.3 is 29.3 Å². The number of carbonyl (C=O) groups is 2. The highest BCUT2D eigenvalue weighted by Crippen LogP contribution is 2.27. The third-order valence-corrected chi connectivity index (χ3v) is 7.16. The van der Waals surface area contributed by atoms with Gasteiger partial charge in [0.15, 0.2) is 18.1 Å². The lowest BCUT2D eigenvalue weighted by Gasteiger charge is -2.41. The molecule has 3 aliphatic rings. The first-order chi connectivity index (χ1) is 20.6. The largest absolute Gasteiger partial charge is 0.485 e. The Morgan fingerprint density at radius 2 is 2.00 bits per heavy atom. The number of piperazine rings is 1. The minimum atomic E-state index is -0.379. The summed E-state index contributed by atoms with van der Waals surface area (Å²) in [5.41, 5.74) is 0.931. The van der Waals surface area contributed by atoms with Gasteiger partial charge in [0, 0.05) is 51.2 Å². The molecule has 2 amide bonds. The number of amides is 2. The highest BCUT2D eigenvalue weighted by molar-refractivity contribution is 5.81. The van der Waals surface area contributed by atoms with E-state index in [2.05, 4.69) is 20.2 Å². The standard InChI is InChI=1S/C30H31N7O5/c38-28(32-9-6-22-16-26-25(42-19-22)8-15-40-26)17-23-18-35(27-7-10-33-30(34-27)36-12-11-31-21-36)13-14-37(23)29(39)20-41-24-4-2-1-3-5-24/h1-5,7-8,10-12,16,19,21,23H,6,9,13-15,17-18,20H2,(H,32,38). The molecule has 5 heterocycles. The molecule has 1 N–H and O–H groups in total. The third-order valence-electron chi connectivity index (χ3n) is 7.16. The molecule has 1 atom stereocenters. The number of ether oxygens (including phenoxy) is 3. The number of benzene rings is 1. The van der Waals surface area contributed by atoms with Gasteiger partial charge in [-0.1, -0.05) is 18.2 Å². The summed E-state index contributed by atoms with van der Waals surface area (Å²) in [6.07, 6.45) is 13.0. The predicted molar refractivity (Wildman–Crippen MR) is 152 cm³/mol. The van der Waals surface area contributed by atoms with Crippen LogP contribution in [0.2, 0.25) is 0 Å². The quantitative estimate of drug-likeness (QED) is 0.392. The van der Waals surface area contributed by atoms with Crippen LogP contribution < -0.4 is 15.0 Å². The molecule has 3 aliphatic heterocycles. The van der Waals surface area contributed by atoms with Crippen LogP contribution >= 0.6 is 0 Å². The molecule has 1 fully saturated rings. The molecule has 0 radical (unpaired) electrons. The average molecular weight is 570 g/mol. The topological polar surface area (TPSA) is 124 Å². The minimum Gasteiger partial charge on any atom is -0.485 e. The van der Waals surface area contributed by atoms with Crippen molar-refractivity contribution < 1.29 is 23.8 Å². The molecule has 3 aromatic rings. The first-order valence-electron chi connectivity index (χ1n) is 13.8. The molecule has 42 heavy (non-hydrogen) atoms. The lowest BCUT2D eigenvalue weighted by atomic mass is 10.1. The number of fused-ring (bicyclic) bond motifs is 1. The van der Waals surface area contributed by atoms with Crippen LogP contribution in [-0.4, -0.2) is 81.7 Å². The number of carbonyl (C=O) groups excluding carboxylic acids is 2. The van der Waals surface area contributed by atoms with E-state index in [1.54, 1.807) is 40.6 Å². The van der Waals surface area contributed by atoms with Gasteiger partial charge in [-0.25, -0.2) is 9.97 Å². The molecular formula is C30H31N7O5. The van der Waals surface area contributed by atoms with Crippen molar-refractivity contribution in [2.24, 2.45) is 0 Å². The number of anilines is 1. The second-order valence-corrected chi connectivity index (χ2v) is 9.98. The Morgan fingerprint density at radius 3 is 2.86 bits per heavy atom. The maximum atomic E-state index is 13.3. The molecule has 0 bridgehead atoms. The second kappa shape index (κ2) is 12.6. The summed E-state index contributed by atoms with van der Waals surface area (Å²) >= 11 is 0. The molecular weight excluding hydrogens is 538 g/mol. The monoisotopic (exact) mass is 569 g/mol. The van der Waals surface area contributed by atoms with Crippen molar-refractivity contribution in [1.82, 2.24) is 29.7 Å². The van der Waals surface area contributed by atoms with Gasteiger partial charge >= 0.3 is 0 Å². The number of imidazole rings is 1. The van der Waals surface area contributed by atoms with Crippen LogP contribution in [0.3, 0.4) is 0 Å². The number of aromatic nitrogens is 4. The van der Waals surface area contributed by atoms with Gasteiger partial charge in [0.05, 0.1) is 12.3 Å². The summed E-state index contributed by atoms with van der Waals surface area (Å²) < 4.78 is 18.6. The van der Waals surface area contributed by atoms with Crippen LogP contribution in [0.1, 0.15) is 12.8 Å². The van der Waals surface area contributed by atoms with Crippen LogP contribution in [0, 0.1) is 0 Å². The Balaban J connectivity index is 1.10. The Morgan fingerprint density at radius 1 is 1.10 bits per heavy atom. The van der Waals surface area contributed by atoms with Crippen molar-refractivity contribution in [3.05, 3.63) is 96.8 Å². The van der Waals surface area contributed by atoms with Crippen LogP contribution in [0.4, 0.5) is 5.82 Å². The smallest absolute Gasteiger partial charge is 0.260 e. The molecule has 12 nitrogen and oxygen atoms in total. The third kappa shape index (κ3) is 6.43. The summed E-state index contributed by atoms with van der Waals surface area (Å²) in [6, 6.07) is 10.7. The van der Waals surface area contributed by atoms with E-state index in [-0.39, 0.29) is 30.9 Å². The van der Waals surface area contributed by atoms with Crippen molar-refractivity contribution in [1.29, 1.82) is 0 Å². The molecule has 0 saturated carbocycles. The molecule has 2 aromatic heterocycles. The molecule has 12 heteroatoms. The van der Waals surface area contributed by atoms with E-state index in [0.717, 1.165) is 11.3 Å². The summed E-state index contributed by atoms with van der Waals surface area (Å²) in [4.78, 5) is 43.3. The van der Waals surface area contributed by atoms with E-state index in [4.69, 9.17) is 19.2 Å². The van der Waals surface area contributed by atoms with Crippen molar-refractivity contribution in [2.75, 3.05) is 44.3 Å². The predicted octanol–water partition coefficient (Wildman–Crippen LogP) is 2.37. The van der Waals surface area contributed by atoms with Crippen molar-refractivity contribution >= 4 is 17.6 Å². The molecule has 1 aromatic carbocycles. The van der Waals surface area contributed by atoms with E-state index in [9.17, 15) is 9.59 Å². The van der Waals surface area contributed by atoms with Crippen LogP contribution in [0.25, 0.3) is 5.95 Å². The molecule has 0 aliphatic carbocycles. The Labute approximate surface area is 242 Å². The minimum absolute atomic E-state index is 0.109. The number of hydrogen-bond acceptors (Lipinski definition) is 9. The highest BCUT2D eigenvalue weighted by atomic mass is 16.5. The Bertz CT molecular complexity index is 1500. The van der Waals surface area contributed by atoms with E-state index in [1.165, 1.54) is 0 Å². The van der Waals surface area contributed by atoms with Gasteiger partial charge in [-0.3, -0.25) is 14.2 Å². The SMILES string of the molecule is O=C(CC1CN(c2ccnc(-n3ccnc3)n2)CCN1C(=O)COc1ccccc1)NCCC1=COC2=CCOC2=C1.